The van der Waals surface area contributed by atoms with E-state index in [2.05, 4.69) is 15.9 Å². The molecule has 1 aliphatic heterocycles. The third-order valence-electron chi connectivity index (χ3n) is 4.26. The van der Waals surface area contributed by atoms with Crippen LogP contribution in [0, 0.1) is 5.41 Å². The molecule has 0 spiro atoms. The monoisotopic (exact) mass is 356 g/mol. The zero-order chi connectivity index (χ0) is 15.8. The van der Waals surface area contributed by atoms with E-state index in [1.807, 2.05) is 30.7 Å². The fourth-order valence-corrected chi connectivity index (χ4v) is 3.06. The third-order valence-corrected chi connectivity index (χ3v) is 4.69. The number of aliphatic carboxylic acids is 1. The topological polar surface area (TPSA) is 62.5 Å². The second-order valence-electron chi connectivity index (χ2n) is 6.20. The van der Waals surface area contributed by atoms with Gasteiger partial charge in [-0.25, -0.2) is 0 Å². The number of carboxylic acid groups (broad SMARTS) is 1. The maximum atomic E-state index is 12.7. The molecule has 0 unspecified atom stereocenters. The minimum Gasteiger partial charge on any atom is -0.481 e. The molecule has 1 aliphatic rings. The van der Waals surface area contributed by atoms with Gasteiger partial charge in [-0.3, -0.25) is 9.59 Å². The van der Waals surface area contributed by atoms with Crippen LogP contribution in [0.2, 0.25) is 0 Å². The summed E-state index contributed by atoms with van der Waals surface area (Å²) in [5, 5.41) is 9.25. The molecule has 1 aromatic rings. The average Bonchev–Trinajstić information content (AvgIpc) is 2.81. The quantitative estimate of drug-likeness (QED) is 0.904. The standard InChI is InChI=1S/C15H21BrN2O3/c1-10(2)18-9-11(16)8-12(18)13(19)17-6-4-15(3,5-7-17)14(20)21/h8-10H,4-7H2,1-3H3,(H,20,21). The zero-order valence-electron chi connectivity index (χ0n) is 12.6. The maximum absolute atomic E-state index is 12.7. The minimum absolute atomic E-state index is 0.0261. The van der Waals surface area contributed by atoms with E-state index in [0.717, 1.165) is 4.47 Å². The Bertz CT molecular complexity index is 557. The summed E-state index contributed by atoms with van der Waals surface area (Å²) in [6.07, 6.45) is 2.90. The second kappa shape index (κ2) is 5.83. The fraction of sp³-hybridized carbons (Fsp3) is 0.600. The second-order valence-corrected chi connectivity index (χ2v) is 7.12. The Hall–Kier alpha value is -1.30. The summed E-state index contributed by atoms with van der Waals surface area (Å²) in [5.41, 5.74) is -0.0620. The molecule has 6 heteroatoms. The summed E-state index contributed by atoms with van der Waals surface area (Å²) < 4.78 is 2.82. The van der Waals surface area contributed by atoms with Crippen LogP contribution in [-0.4, -0.2) is 39.5 Å². The Balaban J connectivity index is 2.14. The SMILES string of the molecule is CC(C)n1cc(Br)cc1C(=O)N1CCC(C)(C(=O)O)CC1. The molecule has 1 fully saturated rings. The van der Waals surface area contributed by atoms with Gasteiger partial charge in [0.1, 0.15) is 5.69 Å². The van der Waals surface area contributed by atoms with Crippen molar-refractivity contribution < 1.29 is 14.7 Å². The van der Waals surface area contributed by atoms with Crippen LogP contribution in [0.5, 0.6) is 0 Å². The number of amides is 1. The summed E-state index contributed by atoms with van der Waals surface area (Å²) >= 11 is 3.41. The number of halogens is 1. The van der Waals surface area contributed by atoms with E-state index in [9.17, 15) is 14.7 Å². The summed E-state index contributed by atoms with van der Waals surface area (Å²) in [7, 11) is 0. The number of piperidine rings is 1. The number of likely N-dealkylation sites (tertiary alicyclic amines) is 1. The molecule has 2 heterocycles. The van der Waals surface area contributed by atoms with E-state index in [0.29, 0.717) is 31.6 Å². The lowest BCUT2D eigenvalue weighted by molar-refractivity contribution is -0.150. The van der Waals surface area contributed by atoms with E-state index in [-0.39, 0.29) is 11.9 Å². The van der Waals surface area contributed by atoms with E-state index in [1.165, 1.54) is 0 Å². The number of hydrogen-bond acceptors (Lipinski definition) is 2. The Morgan fingerprint density at radius 1 is 1.33 bits per heavy atom. The van der Waals surface area contributed by atoms with Crippen molar-refractivity contribution in [3.8, 4) is 0 Å². The van der Waals surface area contributed by atoms with Crippen molar-refractivity contribution in [1.82, 2.24) is 9.47 Å². The minimum atomic E-state index is -0.775. The largest absolute Gasteiger partial charge is 0.481 e. The van der Waals surface area contributed by atoms with Gasteiger partial charge < -0.3 is 14.6 Å². The van der Waals surface area contributed by atoms with Crippen LogP contribution < -0.4 is 0 Å². The average molecular weight is 357 g/mol. The number of rotatable bonds is 3. The predicted octanol–water partition coefficient (Wildman–Crippen LogP) is 3.16. The maximum Gasteiger partial charge on any atom is 0.309 e. The van der Waals surface area contributed by atoms with Crippen molar-refractivity contribution in [2.45, 2.75) is 39.7 Å². The molecule has 21 heavy (non-hydrogen) atoms. The molecule has 2 rings (SSSR count). The van der Waals surface area contributed by atoms with Gasteiger partial charge in [-0.05, 0) is 55.6 Å². The lowest BCUT2D eigenvalue weighted by Gasteiger charge is -2.36. The first-order chi connectivity index (χ1) is 9.74. The van der Waals surface area contributed by atoms with Crippen LogP contribution in [0.1, 0.15) is 50.1 Å². The first kappa shape index (κ1) is 16.1. The van der Waals surface area contributed by atoms with Gasteiger partial charge in [-0.1, -0.05) is 0 Å². The van der Waals surface area contributed by atoms with Crippen LogP contribution in [0.3, 0.4) is 0 Å². The first-order valence-corrected chi connectivity index (χ1v) is 7.94. The number of aromatic nitrogens is 1. The van der Waals surface area contributed by atoms with Crippen LogP contribution in [0.4, 0.5) is 0 Å². The molecule has 116 valence electrons. The summed E-state index contributed by atoms with van der Waals surface area (Å²) in [6, 6.07) is 2.03. The highest BCUT2D eigenvalue weighted by Gasteiger charge is 2.38. The van der Waals surface area contributed by atoms with Crippen molar-refractivity contribution in [1.29, 1.82) is 0 Å². The number of hydrogen-bond donors (Lipinski definition) is 1. The third kappa shape index (κ3) is 3.15. The van der Waals surface area contributed by atoms with Crippen LogP contribution in [0.25, 0.3) is 0 Å². The number of nitrogens with zero attached hydrogens (tertiary/aromatic N) is 2. The van der Waals surface area contributed by atoms with E-state index >= 15 is 0 Å². The molecule has 1 aromatic heterocycles. The van der Waals surface area contributed by atoms with Gasteiger partial charge >= 0.3 is 5.97 Å². The fourth-order valence-electron chi connectivity index (χ4n) is 2.62. The highest BCUT2D eigenvalue weighted by molar-refractivity contribution is 9.10. The Labute approximate surface area is 133 Å². The van der Waals surface area contributed by atoms with Crippen molar-refractivity contribution in [2.24, 2.45) is 5.41 Å². The van der Waals surface area contributed by atoms with Crippen molar-refractivity contribution >= 4 is 27.8 Å². The van der Waals surface area contributed by atoms with Crippen LogP contribution in [0.15, 0.2) is 16.7 Å². The lowest BCUT2D eigenvalue weighted by atomic mass is 9.80. The van der Waals surface area contributed by atoms with Gasteiger partial charge in [0.25, 0.3) is 5.91 Å². The van der Waals surface area contributed by atoms with E-state index in [1.54, 1.807) is 11.8 Å². The molecule has 1 N–H and O–H groups in total. The number of carbonyl (C=O) groups is 2. The smallest absolute Gasteiger partial charge is 0.309 e. The molecule has 0 atom stereocenters. The normalized spacial score (nSPS) is 18.0. The predicted molar refractivity (Wildman–Crippen MR) is 83.4 cm³/mol. The summed E-state index contributed by atoms with van der Waals surface area (Å²) in [5.74, 6) is -0.801. The zero-order valence-corrected chi connectivity index (χ0v) is 14.2. The molecule has 0 saturated carbocycles. The summed E-state index contributed by atoms with van der Waals surface area (Å²) in [4.78, 5) is 25.7. The van der Waals surface area contributed by atoms with Gasteiger partial charge in [0.15, 0.2) is 0 Å². The van der Waals surface area contributed by atoms with Crippen molar-refractivity contribution in [3.63, 3.8) is 0 Å². The number of carbonyl (C=O) groups excluding carboxylic acids is 1. The highest BCUT2D eigenvalue weighted by Crippen LogP contribution is 2.32. The molecular weight excluding hydrogens is 336 g/mol. The Morgan fingerprint density at radius 3 is 2.38 bits per heavy atom. The Kier molecular flexibility index (Phi) is 4.46. The highest BCUT2D eigenvalue weighted by atomic mass is 79.9. The molecule has 1 amide bonds. The molecule has 5 nitrogen and oxygen atoms in total. The van der Waals surface area contributed by atoms with E-state index in [4.69, 9.17) is 0 Å². The molecule has 0 aromatic carbocycles. The van der Waals surface area contributed by atoms with Crippen LogP contribution in [-0.2, 0) is 4.79 Å². The van der Waals surface area contributed by atoms with Crippen molar-refractivity contribution in [2.75, 3.05) is 13.1 Å². The van der Waals surface area contributed by atoms with Gasteiger partial charge in [-0.2, -0.15) is 0 Å². The van der Waals surface area contributed by atoms with Gasteiger partial charge in [-0.15, -0.1) is 0 Å². The van der Waals surface area contributed by atoms with Gasteiger partial charge in [0.2, 0.25) is 0 Å². The number of carboxylic acids is 1. The Morgan fingerprint density at radius 2 is 1.90 bits per heavy atom. The molecule has 0 radical (unpaired) electrons. The lowest BCUT2D eigenvalue weighted by Crippen LogP contribution is -2.45. The molecule has 0 aliphatic carbocycles. The van der Waals surface area contributed by atoms with Gasteiger partial charge in [0.05, 0.1) is 5.41 Å². The molecule has 0 bridgehead atoms. The molecule has 1 saturated heterocycles. The first-order valence-electron chi connectivity index (χ1n) is 7.14. The molecular formula is C15H21BrN2O3. The van der Waals surface area contributed by atoms with Crippen molar-refractivity contribution in [3.05, 3.63) is 22.4 Å². The summed E-state index contributed by atoms with van der Waals surface area (Å²) in [6.45, 7) is 6.79. The van der Waals surface area contributed by atoms with Crippen LogP contribution >= 0.6 is 15.9 Å². The van der Waals surface area contributed by atoms with Gasteiger partial charge in [0, 0.05) is 29.8 Å². The van der Waals surface area contributed by atoms with E-state index < -0.39 is 11.4 Å².